The van der Waals surface area contributed by atoms with Crippen molar-refractivity contribution in [2.45, 2.75) is 25.4 Å². The van der Waals surface area contributed by atoms with E-state index in [-0.39, 0.29) is 11.9 Å². The average Bonchev–Trinajstić information content (AvgIpc) is 2.46. The minimum Gasteiger partial charge on any atom is -0.377 e. The lowest BCUT2D eigenvalue weighted by molar-refractivity contribution is -0.114. The van der Waals surface area contributed by atoms with Crippen LogP contribution in [0.25, 0.3) is 6.08 Å². The van der Waals surface area contributed by atoms with Gasteiger partial charge in [-0.1, -0.05) is 30.3 Å². The zero-order chi connectivity index (χ0) is 15.1. The summed E-state index contributed by atoms with van der Waals surface area (Å²) >= 11 is 0. The average molecular weight is 309 g/mol. The summed E-state index contributed by atoms with van der Waals surface area (Å²) in [6, 6.07) is 9.21. The third-order valence-corrected chi connectivity index (χ3v) is 4.48. The molecule has 0 saturated carbocycles. The first-order valence-electron chi connectivity index (χ1n) is 6.94. The second kappa shape index (κ2) is 7.38. The number of amides is 1. The van der Waals surface area contributed by atoms with E-state index in [1.807, 2.05) is 35.1 Å². The summed E-state index contributed by atoms with van der Waals surface area (Å²) in [7, 11) is -3.66. The van der Waals surface area contributed by atoms with Gasteiger partial charge in [-0.15, -0.1) is 0 Å². The van der Waals surface area contributed by atoms with Crippen molar-refractivity contribution in [1.29, 1.82) is 0 Å². The summed E-state index contributed by atoms with van der Waals surface area (Å²) in [5, 5.41) is 0. The van der Waals surface area contributed by atoms with Crippen molar-refractivity contribution in [2.24, 2.45) is 0 Å². The first-order valence-corrected chi connectivity index (χ1v) is 8.59. The molecule has 0 spiro atoms. The van der Waals surface area contributed by atoms with Crippen LogP contribution in [0.3, 0.4) is 0 Å². The number of carbonyl (C=O) groups excluding carboxylic acids is 1. The molecule has 0 bridgehead atoms. The Balaban J connectivity index is 1.87. The van der Waals surface area contributed by atoms with Gasteiger partial charge in [0.15, 0.2) is 0 Å². The predicted octanol–water partition coefficient (Wildman–Crippen LogP) is 1.71. The number of hydrogen-bond acceptors (Lipinski definition) is 4. The summed E-state index contributed by atoms with van der Waals surface area (Å²) in [6.45, 7) is 0.585. The Morgan fingerprint density at radius 2 is 2.05 bits per heavy atom. The van der Waals surface area contributed by atoms with Gasteiger partial charge in [0.1, 0.15) is 0 Å². The van der Waals surface area contributed by atoms with Crippen LogP contribution in [0.5, 0.6) is 0 Å². The topological polar surface area (TPSA) is 72.5 Å². The van der Waals surface area contributed by atoms with Crippen LogP contribution in [-0.4, -0.2) is 32.8 Å². The van der Waals surface area contributed by atoms with Gasteiger partial charge in [-0.05, 0) is 30.9 Å². The standard InChI is InChI=1S/C15H19NO4S/c17-15(10-9-13-6-2-1-3-7-13)16-21(18,19)12-14-8-4-5-11-20-14/h1-3,6-7,9-10,14H,4-5,8,11-12H2,(H,16,17)/b10-9-/t14-/m1/s1. The van der Waals surface area contributed by atoms with E-state index in [1.54, 1.807) is 6.08 Å². The van der Waals surface area contributed by atoms with E-state index in [4.69, 9.17) is 4.74 Å². The third kappa shape index (κ3) is 5.69. The minimum absolute atomic E-state index is 0.169. The van der Waals surface area contributed by atoms with Crippen molar-refractivity contribution >= 4 is 22.0 Å². The van der Waals surface area contributed by atoms with Gasteiger partial charge in [0.25, 0.3) is 5.91 Å². The maximum absolute atomic E-state index is 11.9. The van der Waals surface area contributed by atoms with Crippen molar-refractivity contribution < 1.29 is 17.9 Å². The number of benzene rings is 1. The van der Waals surface area contributed by atoms with Crippen LogP contribution in [0.15, 0.2) is 36.4 Å². The van der Waals surface area contributed by atoms with Gasteiger partial charge in [0.2, 0.25) is 10.0 Å². The highest BCUT2D eigenvalue weighted by Crippen LogP contribution is 2.14. The van der Waals surface area contributed by atoms with Crippen LogP contribution >= 0.6 is 0 Å². The highest BCUT2D eigenvalue weighted by molar-refractivity contribution is 7.90. The molecule has 6 heteroatoms. The Labute approximate surface area is 125 Å². The van der Waals surface area contributed by atoms with Gasteiger partial charge in [0.05, 0.1) is 11.9 Å². The quantitative estimate of drug-likeness (QED) is 0.841. The molecule has 114 valence electrons. The maximum atomic E-state index is 11.9. The predicted molar refractivity (Wildman–Crippen MR) is 81.0 cm³/mol. The van der Waals surface area contributed by atoms with Crippen LogP contribution in [0.2, 0.25) is 0 Å². The molecule has 1 aliphatic rings. The molecule has 1 aliphatic heterocycles. The van der Waals surface area contributed by atoms with E-state index in [2.05, 4.69) is 0 Å². The molecule has 1 fully saturated rings. The van der Waals surface area contributed by atoms with Crippen LogP contribution in [-0.2, 0) is 19.6 Å². The molecule has 1 heterocycles. The number of carbonyl (C=O) groups is 1. The largest absolute Gasteiger partial charge is 0.377 e. The van der Waals surface area contributed by atoms with Gasteiger partial charge in [0, 0.05) is 12.7 Å². The Morgan fingerprint density at radius 1 is 1.29 bits per heavy atom. The number of sulfonamides is 1. The lowest BCUT2D eigenvalue weighted by atomic mass is 10.1. The highest BCUT2D eigenvalue weighted by atomic mass is 32.2. The SMILES string of the molecule is O=C(/C=C\c1ccccc1)NS(=O)(=O)C[C@H]1CCCCO1. The number of rotatable bonds is 5. The molecule has 0 aliphatic carbocycles. The zero-order valence-corrected chi connectivity index (χ0v) is 12.5. The summed E-state index contributed by atoms with van der Waals surface area (Å²) in [6.07, 6.45) is 5.11. The third-order valence-electron chi connectivity index (χ3n) is 3.16. The normalized spacial score (nSPS) is 19.5. The molecule has 2 rings (SSSR count). The minimum atomic E-state index is -3.66. The van der Waals surface area contributed by atoms with Crippen molar-refractivity contribution in [3.8, 4) is 0 Å². The maximum Gasteiger partial charge on any atom is 0.257 e. The van der Waals surface area contributed by atoms with Gasteiger partial charge in [-0.2, -0.15) is 0 Å². The van der Waals surface area contributed by atoms with E-state index in [0.29, 0.717) is 6.61 Å². The zero-order valence-electron chi connectivity index (χ0n) is 11.7. The Kier molecular flexibility index (Phi) is 5.52. The molecule has 0 unspecified atom stereocenters. The molecule has 1 N–H and O–H groups in total. The fourth-order valence-electron chi connectivity index (χ4n) is 2.15. The molecule has 1 saturated heterocycles. The van der Waals surface area contributed by atoms with E-state index in [1.165, 1.54) is 6.08 Å². The fraction of sp³-hybridized carbons (Fsp3) is 0.400. The molecule has 1 aromatic carbocycles. The van der Waals surface area contributed by atoms with Gasteiger partial charge in [-0.3, -0.25) is 4.79 Å². The molecular weight excluding hydrogens is 290 g/mol. The summed E-state index contributed by atoms with van der Waals surface area (Å²) in [4.78, 5) is 11.7. The summed E-state index contributed by atoms with van der Waals surface area (Å²) < 4.78 is 31.2. The van der Waals surface area contributed by atoms with Crippen molar-refractivity contribution in [3.63, 3.8) is 0 Å². The molecule has 21 heavy (non-hydrogen) atoms. The van der Waals surface area contributed by atoms with E-state index >= 15 is 0 Å². The molecule has 1 aromatic rings. The summed E-state index contributed by atoms with van der Waals surface area (Å²) in [5.41, 5.74) is 0.834. The molecule has 0 radical (unpaired) electrons. The van der Waals surface area contributed by atoms with E-state index in [9.17, 15) is 13.2 Å². The smallest absolute Gasteiger partial charge is 0.257 e. The van der Waals surface area contributed by atoms with Crippen LogP contribution < -0.4 is 4.72 Å². The molecule has 1 amide bonds. The molecule has 1 atom stereocenters. The van der Waals surface area contributed by atoms with E-state index in [0.717, 1.165) is 24.8 Å². The van der Waals surface area contributed by atoms with Crippen molar-refractivity contribution in [3.05, 3.63) is 42.0 Å². The second-order valence-electron chi connectivity index (χ2n) is 4.98. The van der Waals surface area contributed by atoms with Crippen LogP contribution in [0.4, 0.5) is 0 Å². The lowest BCUT2D eigenvalue weighted by Gasteiger charge is -2.22. The molecule has 0 aromatic heterocycles. The Bertz CT molecular complexity index is 589. The lowest BCUT2D eigenvalue weighted by Crippen LogP contribution is -2.37. The Hall–Kier alpha value is -1.66. The van der Waals surface area contributed by atoms with Gasteiger partial charge < -0.3 is 4.74 Å². The molecule has 5 nitrogen and oxygen atoms in total. The monoisotopic (exact) mass is 309 g/mol. The number of hydrogen-bond donors (Lipinski definition) is 1. The summed E-state index contributed by atoms with van der Waals surface area (Å²) in [5.74, 6) is -0.813. The van der Waals surface area contributed by atoms with Crippen molar-refractivity contribution in [2.75, 3.05) is 12.4 Å². The first-order chi connectivity index (χ1) is 10.1. The van der Waals surface area contributed by atoms with Crippen LogP contribution in [0.1, 0.15) is 24.8 Å². The van der Waals surface area contributed by atoms with Crippen LogP contribution in [0, 0.1) is 0 Å². The number of ether oxygens (including phenoxy) is 1. The highest BCUT2D eigenvalue weighted by Gasteiger charge is 2.22. The molecular formula is C15H19NO4S. The van der Waals surface area contributed by atoms with Crippen molar-refractivity contribution in [1.82, 2.24) is 4.72 Å². The fourth-order valence-corrected chi connectivity index (χ4v) is 3.36. The number of nitrogens with one attached hydrogen (secondary N) is 1. The van der Waals surface area contributed by atoms with E-state index < -0.39 is 15.9 Å². The van der Waals surface area contributed by atoms with Gasteiger partial charge >= 0.3 is 0 Å². The van der Waals surface area contributed by atoms with Gasteiger partial charge in [-0.25, -0.2) is 13.1 Å². The Morgan fingerprint density at radius 3 is 2.71 bits per heavy atom. The first kappa shape index (κ1) is 15.7. The second-order valence-corrected chi connectivity index (χ2v) is 6.75.